The van der Waals surface area contributed by atoms with E-state index in [1.807, 2.05) is 0 Å². The fourth-order valence-corrected chi connectivity index (χ4v) is 1.95. The number of amides is 1. The van der Waals surface area contributed by atoms with Crippen molar-refractivity contribution < 1.29 is 14.1 Å². The van der Waals surface area contributed by atoms with Crippen molar-refractivity contribution in [2.75, 3.05) is 5.32 Å². The average Bonchev–Trinajstić information content (AvgIpc) is 2.45. The van der Waals surface area contributed by atoms with E-state index in [0.29, 0.717) is 0 Å². The largest absolute Gasteiger partial charge is 0.322 e. The molecule has 1 aromatic heterocycles. The molecular weight excluding hydrogens is 293 g/mol. The number of halogens is 1. The van der Waals surface area contributed by atoms with Crippen LogP contribution in [0.4, 0.5) is 15.8 Å². The number of para-hydroxylation sites is 1. The first-order valence-corrected chi connectivity index (χ1v) is 6.29. The van der Waals surface area contributed by atoms with Crippen LogP contribution in [0.2, 0.25) is 0 Å². The van der Waals surface area contributed by atoms with Crippen molar-refractivity contribution in [3.63, 3.8) is 0 Å². The van der Waals surface area contributed by atoms with Crippen molar-refractivity contribution in [1.29, 1.82) is 0 Å². The van der Waals surface area contributed by atoms with Gasteiger partial charge in [0.05, 0.1) is 16.3 Å². The van der Waals surface area contributed by atoms with E-state index in [1.165, 1.54) is 25.1 Å². The number of benzene rings is 1. The molecule has 0 unspecified atom stereocenters. The molecule has 7 nitrogen and oxygen atoms in total. The fraction of sp³-hybridized carbons (Fsp3) is 0.143. The van der Waals surface area contributed by atoms with Crippen molar-refractivity contribution in [2.45, 2.75) is 13.5 Å². The summed E-state index contributed by atoms with van der Waals surface area (Å²) in [6, 6.07) is 7.67. The molecule has 22 heavy (non-hydrogen) atoms. The smallest absolute Gasteiger partial charge is 0.288 e. The van der Waals surface area contributed by atoms with E-state index in [4.69, 9.17) is 0 Å². The normalized spacial score (nSPS) is 10.3. The first-order chi connectivity index (χ1) is 10.4. The summed E-state index contributed by atoms with van der Waals surface area (Å²) in [6.07, 6.45) is 0. The molecule has 8 heteroatoms. The third kappa shape index (κ3) is 3.17. The quantitative estimate of drug-likeness (QED) is 0.689. The van der Waals surface area contributed by atoms with Gasteiger partial charge in [-0.1, -0.05) is 12.1 Å². The standard InChI is InChI=1S/C14H12FN3O4/c1-9-12(18(21)22)6-7-14(20)17(9)8-13(19)16-11-5-3-2-4-10(11)15/h2-7H,8H2,1H3,(H,16,19). The lowest BCUT2D eigenvalue weighted by molar-refractivity contribution is -0.386. The number of aromatic nitrogens is 1. The van der Waals surface area contributed by atoms with Crippen LogP contribution < -0.4 is 10.9 Å². The summed E-state index contributed by atoms with van der Waals surface area (Å²) in [7, 11) is 0. The maximum Gasteiger partial charge on any atom is 0.288 e. The van der Waals surface area contributed by atoms with Crippen LogP contribution in [0.1, 0.15) is 5.69 Å². The lowest BCUT2D eigenvalue weighted by atomic mass is 10.3. The minimum Gasteiger partial charge on any atom is -0.322 e. The number of nitrogens with one attached hydrogen (secondary N) is 1. The number of carbonyl (C=O) groups is 1. The molecule has 1 N–H and O–H groups in total. The Labute approximate surface area is 124 Å². The van der Waals surface area contributed by atoms with Gasteiger partial charge in [0, 0.05) is 12.1 Å². The summed E-state index contributed by atoms with van der Waals surface area (Å²) in [5, 5.41) is 13.2. The lowest BCUT2D eigenvalue weighted by Gasteiger charge is -2.10. The zero-order valence-corrected chi connectivity index (χ0v) is 11.6. The Kier molecular flexibility index (Phi) is 4.31. The molecule has 1 amide bonds. The lowest BCUT2D eigenvalue weighted by Crippen LogP contribution is -2.29. The van der Waals surface area contributed by atoms with E-state index in [9.17, 15) is 24.1 Å². The van der Waals surface area contributed by atoms with Gasteiger partial charge in [0.15, 0.2) is 0 Å². The number of nitro groups is 1. The van der Waals surface area contributed by atoms with E-state index in [0.717, 1.165) is 16.7 Å². The summed E-state index contributed by atoms with van der Waals surface area (Å²) in [6.45, 7) is 0.927. The van der Waals surface area contributed by atoms with E-state index < -0.39 is 28.8 Å². The zero-order valence-electron chi connectivity index (χ0n) is 11.6. The number of carbonyl (C=O) groups excluding carboxylic acids is 1. The van der Waals surface area contributed by atoms with Crippen LogP contribution >= 0.6 is 0 Å². The zero-order chi connectivity index (χ0) is 16.3. The summed E-state index contributed by atoms with van der Waals surface area (Å²) < 4.78 is 14.4. The number of rotatable bonds is 4. The second kappa shape index (κ2) is 6.17. The Bertz CT molecular complexity index is 801. The SMILES string of the molecule is Cc1c([N+](=O)[O-])ccc(=O)n1CC(=O)Nc1ccccc1F. The molecule has 114 valence electrons. The molecule has 1 aromatic carbocycles. The van der Waals surface area contributed by atoms with Crippen molar-refractivity contribution in [3.05, 3.63) is 68.4 Å². The van der Waals surface area contributed by atoms with Crippen LogP contribution in [0.5, 0.6) is 0 Å². The summed E-state index contributed by atoms with van der Waals surface area (Å²) >= 11 is 0. The number of anilines is 1. The van der Waals surface area contributed by atoms with Crippen LogP contribution in [0.15, 0.2) is 41.2 Å². The number of pyridine rings is 1. The van der Waals surface area contributed by atoms with Crippen molar-refractivity contribution in [1.82, 2.24) is 4.57 Å². The molecule has 0 spiro atoms. The van der Waals surface area contributed by atoms with Crippen LogP contribution in [0.3, 0.4) is 0 Å². The van der Waals surface area contributed by atoms with Crippen molar-refractivity contribution in [3.8, 4) is 0 Å². The number of hydrogen-bond acceptors (Lipinski definition) is 4. The highest BCUT2D eigenvalue weighted by Crippen LogP contribution is 2.15. The number of hydrogen-bond donors (Lipinski definition) is 1. The van der Waals surface area contributed by atoms with Gasteiger partial charge in [-0.3, -0.25) is 24.3 Å². The maximum absolute atomic E-state index is 13.4. The first kappa shape index (κ1) is 15.4. The van der Waals surface area contributed by atoms with Gasteiger partial charge in [0.2, 0.25) is 5.91 Å². The predicted molar refractivity (Wildman–Crippen MR) is 77.1 cm³/mol. The average molecular weight is 305 g/mol. The molecule has 2 aromatic rings. The molecule has 0 fully saturated rings. The van der Waals surface area contributed by atoms with Gasteiger partial charge in [0.25, 0.3) is 11.2 Å². The van der Waals surface area contributed by atoms with E-state index in [2.05, 4.69) is 5.32 Å². The van der Waals surface area contributed by atoms with E-state index >= 15 is 0 Å². The fourth-order valence-electron chi connectivity index (χ4n) is 1.95. The molecule has 2 rings (SSSR count). The first-order valence-electron chi connectivity index (χ1n) is 6.29. The number of nitrogens with zero attached hydrogens (tertiary/aromatic N) is 2. The van der Waals surface area contributed by atoms with E-state index in [-0.39, 0.29) is 17.1 Å². The van der Waals surface area contributed by atoms with Gasteiger partial charge in [-0.15, -0.1) is 0 Å². The van der Waals surface area contributed by atoms with Gasteiger partial charge in [-0.05, 0) is 19.1 Å². The second-order valence-corrected chi connectivity index (χ2v) is 4.51. The summed E-state index contributed by atoms with van der Waals surface area (Å²) in [5.74, 6) is -1.27. The van der Waals surface area contributed by atoms with Gasteiger partial charge in [0.1, 0.15) is 12.4 Å². The molecule has 0 aliphatic carbocycles. The molecule has 0 aliphatic heterocycles. The molecule has 0 atom stereocenters. The predicted octanol–water partition coefficient (Wildman–Crippen LogP) is 1.84. The summed E-state index contributed by atoms with van der Waals surface area (Å²) in [4.78, 5) is 33.9. The Hall–Kier alpha value is -3.03. The molecular formula is C14H12FN3O4. The Morgan fingerprint density at radius 1 is 1.32 bits per heavy atom. The maximum atomic E-state index is 13.4. The highest BCUT2D eigenvalue weighted by molar-refractivity contribution is 5.90. The molecule has 0 aliphatic rings. The Morgan fingerprint density at radius 3 is 2.64 bits per heavy atom. The Morgan fingerprint density at radius 2 is 2.00 bits per heavy atom. The van der Waals surface area contributed by atoms with Crippen LogP contribution in [-0.2, 0) is 11.3 Å². The third-order valence-corrected chi connectivity index (χ3v) is 3.07. The second-order valence-electron chi connectivity index (χ2n) is 4.51. The minimum absolute atomic E-state index is 0.0244. The van der Waals surface area contributed by atoms with Crippen LogP contribution in [0, 0.1) is 22.9 Å². The van der Waals surface area contributed by atoms with Gasteiger partial charge >= 0.3 is 0 Å². The summed E-state index contributed by atoms with van der Waals surface area (Å²) in [5.41, 5.74) is -0.783. The minimum atomic E-state index is -0.657. The molecule has 0 saturated heterocycles. The molecule has 1 heterocycles. The van der Waals surface area contributed by atoms with Crippen molar-refractivity contribution >= 4 is 17.3 Å². The monoisotopic (exact) mass is 305 g/mol. The highest BCUT2D eigenvalue weighted by atomic mass is 19.1. The third-order valence-electron chi connectivity index (χ3n) is 3.07. The Balaban J connectivity index is 2.26. The molecule has 0 radical (unpaired) electrons. The molecule has 0 saturated carbocycles. The van der Waals surface area contributed by atoms with Crippen LogP contribution in [0.25, 0.3) is 0 Å². The van der Waals surface area contributed by atoms with Gasteiger partial charge < -0.3 is 5.32 Å². The topological polar surface area (TPSA) is 94.2 Å². The van der Waals surface area contributed by atoms with Gasteiger partial charge in [-0.25, -0.2) is 4.39 Å². The van der Waals surface area contributed by atoms with E-state index in [1.54, 1.807) is 6.07 Å². The van der Waals surface area contributed by atoms with Gasteiger partial charge in [-0.2, -0.15) is 0 Å². The van der Waals surface area contributed by atoms with Crippen LogP contribution in [-0.4, -0.2) is 15.4 Å². The van der Waals surface area contributed by atoms with Crippen molar-refractivity contribution in [2.24, 2.45) is 0 Å². The highest BCUT2D eigenvalue weighted by Gasteiger charge is 2.17. The molecule has 0 bridgehead atoms.